The first kappa shape index (κ1) is 13.7. The molecule has 0 aliphatic heterocycles. The lowest BCUT2D eigenvalue weighted by atomic mass is 10.0. The van der Waals surface area contributed by atoms with Gasteiger partial charge >= 0.3 is 0 Å². The van der Waals surface area contributed by atoms with Crippen LogP contribution in [0, 0.1) is 6.92 Å². The SMILES string of the molecule is Cc1ccccc1C(C)NCC(O)c1ccncc1. The Bertz CT molecular complexity index is 513. The number of aliphatic hydroxyl groups excluding tert-OH is 1. The fourth-order valence-electron chi connectivity index (χ4n) is 2.17. The molecule has 0 fully saturated rings. The van der Waals surface area contributed by atoms with Crippen LogP contribution in [0.5, 0.6) is 0 Å². The second-order valence-electron chi connectivity index (χ2n) is 4.78. The van der Waals surface area contributed by atoms with Crippen LogP contribution < -0.4 is 5.32 Å². The molecule has 1 aromatic carbocycles. The summed E-state index contributed by atoms with van der Waals surface area (Å²) in [5.74, 6) is 0. The van der Waals surface area contributed by atoms with Crippen LogP contribution in [0.1, 0.15) is 35.8 Å². The Kier molecular flexibility index (Phi) is 4.66. The standard InChI is InChI=1S/C16H20N2O/c1-12-5-3-4-6-15(12)13(2)18-11-16(19)14-7-9-17-10-8-14/h3-10,13,16,18-19H,11H2,1-2H3. The molecule has 2 N–H and O–H groups in total. The number of pyridine rings is 1. The fourth-order valence-corrected chi connectivity index (χ4v) is 2.17. The average molecular weight is 256 g/mol. The van der Waals surface area contributed by atoms with Gasteiger partial charge in [0.2, 0.25) is 0 Å². The van der Waals surface area contributed by atoms with E-state index in [0.717, 1.165) is 5.56 Å². The number of hydrogen-bond donors (Lipinski definition) is 2. The van der Waals surface area contributed by atoms with Gasteiger partial charge < -0.3 is 10.4 Å². The van der Waals surface area contributed by atoms with Crippen molar-refractivity contribution in [3.8, 4) is 0 Å². The summed E-state index contributed by atoms with van der Waals surface area (Å²) in [6, 6.07) is 12.2. The smallest absolute Gasteiger partial charge is 0.0915 e. The topological polar surface area (TPSA) is 45.1 Å². The molecular weight excluding hydrogens is 236 g/mol. The molecule has 2 aromatic rings. The van der Waals surface area contributed by atoms with Gasteiger partial charge in [-0.05, 0) is 42.7 Å². The van der Waals surface area contributed by atoms with E-state index in [9.17, 15) is 5.11 Å². The van der Waals surface area contributed by atoms with Gasteiger partial charge in [-0.1, -0.05) is 24.3 Å². The summed E-state index contributed by atoms with van der Waals surface area (Å²) < 4.78 is 0. The van der Waals surface area contributed by atoms with Crippen LogP contribution in [0.3, 0.4) is 0 Å². The van der Waals surface area contributed by atoms with Crippen molar-refractivity contribution < 1.29 is 5.11 Å². The van der Waals surface area contributed by atoms with Gasteiger partial charge in [0, 0.05) is 25.0 Å². The molecule has 0 spiro atoms. The zero-order valence-electron chi connectivity index (χ0n) is 11.4. The van der Waals surface area contributed by atoms with Crippen LogP contribution >= 0.6 is 0 Å². The van der Waals surface area contributed by atoms with Gasteiger partial charge in [0.1, 0.15) is 0 Å². The van der Waals surface area contributed by atoms with Crippen LogP contribution in [0.2, 0.25) is 0 Å². The van der Waals surface area contributed by atoms with Crippen LogP contribution in [0.4, 0.5) is 0 Å². The molecule has 0 aliphatic rings. The molecule has 0 aliphatic carbocycles. The van der Waals surface area contributed by atoms with E-state index in [1.165, 1.54) is 11.1 Å². The van der Waals surface area contributed by atoms with E-state index < -0.39 is 6.10 Å². The molecule has 2 unspecified atom stereocenters. The van der Waals surface area contributed by atoms with Crippen molar-refractivity contribution in [2.75, 3.05) is 6.54 Å². The van der Waals surface area contributed by atoms with E-state index in [0.29, 0.717) is 6.54 Å². The summed E-state index contributed by atoms with van der Waals surface area (Å²) in [7, 11) is 0. The number of hydrogen-bond acceptors (Lipinski definition) is 3. The average Bonchev–Trinajstić information content (AvgIpc) is 2.46. The number of aliphatic hydroxyl groups is 1. The molecule has 1 aromatic heterocycles. The van der Waals surface area contributed by atoms with Crippen LogP contribution in [-0.4, -0.2) is 16.6 Å². The van der Waals surface area contributed by atoms with Crippen LogP contribution in [0.15, 0.2) is 48.8 Å². The van der Waals surface area contributed by atoms with Crippen molar-refractivity contribution in [3.05, 3.63) is 65.5 Å². The summed E-state index contributed by atoms with van der Waals surface area (Å²) in [6.07, 6.45) is 2.89. The normalized spacial score (nSPS) is 14.1. The summed E-state index contributed by atoms with van der Waals surface area (Å²) in [5, 5.41) is 13.5. The molecule has 1 heterocycles. The van der Waals surface area contributed by atoms with Crippen molar-refractivity contribution in [2.45, 2.75) is 26.0 Å². The minimum absolute atomic E-state index is 0.220. The van der Waals surface area contributed by atoms with E-state index >= 15 is 0 Å². The highest BCUT2D eigenvalue weighted by atomic mass is 16.3. The minimum atomic E-state index is -0.505. The number of nitrogens with one attached hydrogen (secondary N) is 1. The van der Waals surface area contributed by atoms with Crippen molar-refractivity contribution in [1.29, 1.82) is 0 Å². The van der Waals surface area contributed by atoms with Gasteiger partial charge in [0.05, 0.1) is 6.10 Å². The lowest BCUT2D eigenvalue weighted by Crippen LogP contribution is -2.25. The summed E-state index contributed by atoms with van der Waals surface area (Å²) in [6.45, 7) is 4.74. The van der Waals surface area contributed by atoms with E-state index in [1.54, 1.807) is 12.4 Å². The Hall–Kier alpha value is -1.71. The lowest BCUT2D eigenvalue weighted by molar-refractivity contribution is 0.170. The molecule has 0 amide bonds. The largest absolute Gasteiger partial charge is 0.387 e. The van der Waals surface area contributed by atoms with Crippen molar-refractivity contribution >= 4 is 0 Å². The first-order valence-corrected chi connectivity index (χ1v) is 6.55. The second kappa shape index (κ2) is 6.45. The molecule has 3 heteroatoms. The van der Waals surface area contributed by atoms with E-state index in [1.807, 2.05) is 24.3 Å². The Morgan fingerprint density at radius 1 is 1.16 bits per heavy atom. The number of benzene rings is 1. The predicted molar refractivity (Wildman–Crippen MR) is 76.8 cm³/mol. The first-order chi connectivity index (χ1) is 9.18. The van der Waals surface area contributed by atoms with Gasteiger partial charge in [0.25, 0.3) is 0 Å². The van der Waals surface area contributed by atoms with Gasteiger partial charge in [-0.3, -0.25) is 4.98 Å². The van der Waals surface area contributed by atoms with Crippen molar-refractivity contribution in [2.24, 2.45) is 0 Å². The first-order valence-electron chi connectivity index (χ1n) is 6.55. The molecule has 0 radical (unpaired) electrons. The maximum Gasteiger partial charge on any atom is 0.0915 e. The molecule has 2 rings (SSSR count). The van der Waals surface area contributed by atoms with Crippen molar-refractivity contribution in [1.82, 2.24) is 10.3 Å². The Morgan fingerprint density at radius 2 is 1.84 bits per heavy atom. The molecule has 3 nitrogen and oxygen atoms in total. The third-order valence-corrected chi connectivity index (χ3v) is 3.36. The summed E-state index contributed by atoms with van der Waals surface area (Å²) >= 11 is 0. The predicted octanol–water partition coefficient (Wildman–Crippen LogP) is 2.77. The van der Waals surface area contributed by atoms with E-state index in [2.05, 4.69) is 36.3 Å². The zero-order valence-corrected chi connectivity index (χ0v) is 11.4. The van der Waals surface area contributed by atoms with E-state index in [-0.39, 0.29) is 6.04 Å². The summed E-state index contributed by atoms with van der Waals surface area (Å²) in [4.78, 5) is 3.95. The van der Waals surface area contributed by atoms with Gasteiger partial charge in [0.15, 0.2) is 0 Å². The molecule has 0 bridgehead atoms. The second-order valence-corrected chi connectivity index (χ2v) is 4.78. The number of aromatic nitrogens is 1. The minimum Gasteiger partial charge on any atom is -0.387 e. The Balaban J connectivity index is 1.94. The highest BCUT2D eigenvalue weighted by molar-refractivity contribution is 5.28. The number of aryl methyl sites for hydroxylation is 1. The van der Waals surface area contributed by atoms with Crippen molar-refractivity contribution in [3.63, 3.8) is 0 Å². The quantitative estimate of drug-likeness (QED) is 0.864. The maximum atomic E-state index is 10.1. The highest BCUT2D eigenvalue weighted by Gasteiger charge is 2.11. The highest BCUT2D eigenvalue weighted by Crippen LogP contribution is 2.18. The molecule has 19 heavy (non-hydrogen) atoms. The Labute approximate surface area is 114 Å². The lowest BCUT2D eigenvalue weighted by Gasteiger charge is -2.19. The number of nitrogens with zero attached hydrogens (tertiary/aromatic N) is 1. The van der Waals surface area contributed by atoms with Gasteiger partial charge in [-0.25, -0.2) is 0 Å². The summed E-state index contributed by atoms with van der Waals surface area (Å²) in [5.41, 5.74) is 3.42. The van der Waals surface area contributed by atoms with Gasteiger partial charge in [-0.15, -0.1) is 0 Å². The van der Waals surface area contributed by atoms with Crippen LogP contribution in [-0.2, 0) is 0 Å². The van der Waals surface area contributed by atoms with Crippen LogP contribution in [0.25, 0.3) is 0 Å². The third-order valence-electron chi connectivity index (χ3n) is 3.36. The van der Waals surface area contributed by atoms with E-state index in [4.69, 9.17) is 0 Å². The molecule has 100 valence electrons. The fraction of sp³-hybridized carbons (Fsp3) is 0.312. The monoisotopic (exact) mass is 256 g/mol. The maximum absolute atomic E-state index is 10.1. The zero-order chi connectivity index (χ0) is 13.7. The van der Waals surface area contributed by atoms with Gasteiger partial charge in [-0.2, -0.15) is 0 Å². The molecular formula is C16H20N2O. The molecule has 0 saturated carbocycles. The number of rotatable bonds is 5. The Morgan fingerprint density at radius 3 is 2.53 bits per heavy atom. The third kappa shape index (κ3) is 3.63. The molecule has 2 atom stereocenters. The molecule has 0 saturated heterocycles.